The van der Waals surface area contributed by atoms with Gasteiger partial charge in [0.25, 0.3) is 10.0 Å². The Labute approximate surface area is 111 Å². The van der Waals surface area contributed by atoms with Crippen molar-refractivity contribution in [3.63, 3.8) is 0 Å². The number of ether oxygens (including phenoxy) is 1. The quantitative estimate of drug-likeness (QED) is 0.717. The Kier molecular flexibility index (Phi) is 5.77. The Morgan fingerprint density at radius 2 is 2.17 bits per heavy atom. The third-order valence-electron chi connectivity index (χ3n) is 2.17. The molecule has 0 spiro atoms. The second-order valence-electron chi connectivity index (χ2n) is 3.58. The molecule has 18 heavy (non-hydrogen) atoms. The Hall–Kier alpha value is -0.920. The smallest absolute Gasteiger partial charge is 0.321 e. The minimum Gasteiger partial charge on any atom is -0.465 e. The Morgan fingerprint density at radius 1 is 1.44 bits per heavy atom. The fourth-order valence-corrected chi connectivity index (χ4v) is 4.04. The Balaban J connectivity index is 2.88. The first-order valence-corrected chi connectivity index (χ1v) is 8.03. The van der Waals surface area contributed by atoms with Crippen molar-refractivity contribution in [1.82, 2.24) is 4.31 Å². The van der Waals surface area contributed by atoms with Gasteiger partial charge in [-0.2, -0.15) is 4.31 Å². The van der Waals surface area contributed by atoms with Crippen LogP contribution >= 0.6 is 11.3 Å². The molecule has 1 aromatic rings. The topological polar surface area (TPSA) is 63.7 Å². The van der Waals surface area contributed by atoms with E-state index in [2.05, 4.69) is 0 Å². The first kappa shape index (κ1) is 15.1. The number of hydrogen-bond acceptors (Lipinski definition) is 5. The molecule has 0 saturated carbocycles. The van der Waals surface area contributed by atoms with Crippen LogP contribution in [0.4, 0.5) is 0 Å². The first-order chi connectivity index (χ1) is 8.52. The number of carbonyl (C=O) groups is 1. The molecule has 0 aromatic carbocycles. The summed E-state index contributed by atoms with van der Waals surface area (Å²) in [5.74, 6) is -0.522. The van der Waals surface area contributed by atoms with Crippen molar-refractivity contribution in [2.75, 3.05) is 19.7 Å². The van der Waals surface area contributed by atoms with Gasteiger partial charge in [-0.05, 0) is 24.8 Å². The molecule has 1 rings (SSSR count). The van der Waals surface area contributed by atoms with Gasteiger partial charge in [0.05, 0.1) is 6.61 Å². The molecule has 1 heterocycles. The maximum absolute atomic E-state index is 12.3. The number of sulfonamides is 1. The van der Waals surface area contributed by atoms with Crippen LogP contribution in [0.5, 0.6) is 0 Å². The van der Waals surface area contributed by atoms with Crippen molar-refractivity contribution >= 4 is 27.3 Å². The second kappa shape index (κ2) is 6.86. The Bertz CT molecular complexity index is 467. The van der Waals surface area contributed by atoms with E-state index in [1.54, 1.807) is 18.4 Å². The summed E-state index contributed by atoms with van der Waals surface area (Å²) in [6, 6.07) is 3.21. The molecule has 0 N–H and O–H groups in total. The minimum atomic E-state index is -3.58. The predicted molar refractivity (Wildman–Crippen MR) is 70.0 cm³/mol. The highest BCUT2D eigenvalue weighted by molar-refractivity contribution is 7.91. The van der Waals surface area contributed by atoms with Crippen LogP contribution in [0.25, 0.3) is 0 Å². The fraction of sp³-hybridized carbons (Fsp3) is 0.545. The van der Waals surface area contributed by atoms with E-state index in [0.29, 0.717) is 13.0 Å². The monoisotopic (exact) mass is 291 g/mol. The highest BCUT2D eigenvalue weighted by atomic mass is 32.2. The van der Waals surface area contributed by atoms with Gasteiger partial charge in [-0.1, -0.05) is 13.0 Å². The summed E-state index contributed by atoms with van der Waals surface area (Å²) >= 11 is 1.14. The molecule has 0 unspecified atom stereocenters. The van der Waals surface area contributed by atoms with Crippen molar-refractivity contribution in [2.24, 2.45) is 0 Å². The van der Waals surface area contributed by atoms with Gasteiger partial charge in [0, 0.05) is 6.54 Å². The molecule has 0 aliphatic carbocycles. The van der Waals surface area contributed by atoms with Gasteiger partial charge in [0.15, 0.2) is 0 Å². The number of carbonyl (C=O) groups excluding carboxylic acids is 1. The van der Waals surface area contributed by atoms with Crippen LogP contribution < -0.4 is 0 Å². The van der Waals surface area contributed by atoms with Crippen LogP contribution in [0.3, 0.4) is 0 Å². The lowest BCUT2D eigenvalue weighted by Crippen LogP contribution is -2.36. The van der Waals surface area contributed by atoms with E-state index < -0.39 is 16.0 Å². The van der Waals surface area contributed by atoms with Crippen molar-refractivity contribution in [1.29, 1.82) is 0 Å². The van der Waals surface area contributed by atoms with E-state index in [1.165, 1.54) is 6.07 Å². The molecule has 102 valence electrons. The number of thiophene rings is 1. The fourth-order valence-electron chi connectivity index (χ4n) is 1.42. The summed E-state index contributed by atoms with van der Waals surface area (Å²) in [7, 11) is -3.58. The highest BCUT2D eigenvalue weighted by Gasteiger charge is 2.27. The molecule has 0 bridgehead atoms. The van der Waals surface area contributed by atoms with E-state index in [4.69, 9.17) is 4.74 Å². The molecule has 5 nitrogen and oxygen atoms in total. The summed E-state index contributed by atoms with van der Waals surface area (Å²) in [6.07, 6.45) is 0.643. The summed E-state index contributed by atoms with van der Waals surface area (Å²) in [4.78, 5) is 11.4. The number of rotatable bonds is 7. The molecular weight excluding hydrogens is 274 g/mol. The largest absolute Gasteiger partial charge is 0.465 e. The van der Waals surface area contributed by atoms with Crippen molar-refractivity contribution in [3.8, 4) is 0 Å². The van der Waals surface area contributed by atoms with Gasteiger partial charge in [-0.15, -0.1) is 11.3 Å². The zero-order valence-electron chi connectivity index (χ0n) is 10.5. The van der Waals surface area contributed by atoms with E-state index >= 15 is 0 Å². The van der Waals surface area contributed by atoms with Gasteiger partial charge < -0.3 is 4.74 Å². The van der Waals surface area contributed by atoms with Crippen molar-refractivity contribution < 1.29 is 17.9 Å². The molecule has 1 aromatic heterocycles. The summed E-state index contributed by atoms with van der Waals surface area (Å²) in [5, 5.41) is 1.70. The lowest BCUT2D eigenvalue weighted by atomic mass is 10.5. The average Bonchev–Trinajstić information content (AvgIpc) is 2.82. The summed E-state index contributed by atoms with van der Waals surface area (Å²) in [6.45, 7) is 3.87. The van der Waals surface area contributed by atoms with Gasteiger partial charge in [-0.3, -0.25) is 4.79 Å². The SMILES string of the molecule is CCCN(CC(=O)OCC)S(=O)(=O)c1cccs1. The van der Waals surface area contributed by atoms with E-state index in [9.17, 15) is 13.2 Å². The lowest BCUT2D eigenvalue weighted by molar-refractivity contribution is -0.143. The third-order valence-corrected chi connectivity index (χ3v) is 5.39. The molecule has 0 saturated heterocycles. The third kappa shape index (κ3) is 3.79. The second-order valence-corrected chi connectivity index (χ2v) is 6.69. The van der Waals surface area contributed by atoms with Crippen LogP contribution in [-0.4, -0.2) is 38.4 Å². The molecule has 0 atom stereocenters. The molecule has 0 aliphatic heterocycles. The molecule has 0 fully saturated rings. The van der Waals surface area contributed by atoms with Crippen molar-refractivity contribution in [3.05, 3.63) is 17.5 Å². The molecule has 7 heteroatoms. The predicted octanol–water partition coefficient (Wildman–Crippen LogP) is 1.71. The zero-order chi connectivity index (χ0) is 13.6. The minimum absolute atomic E-state index is 0.234. The lowest BCUT2D eigenvalue weighted by Gasteiger charge is -2.19. The molecule has 0 amide bonds. The van der Waals surface area contributed by atoms with Gasteiger partial charge in [0.1, 0.15) is 10.8 Å². The summed E-state index contributed by atoms with van der Waals surface area (Å²) in [5.41, 5.74) is 0. The standard InChI is InChI=1S/C11H17NO4S2/c1-3-7-12(9-10(13)16-4-2)18(14,15)11-6-5-8-17-11/h5-6,8H,3-4,7,9H2,1-2H3. The van der Waals surface area contributed by atoms with Gasteiger partial charge >= 0.3 is 5.97 Å². The van der Waals surface area contributed by atoms with E-state index in [-0.39, 0.29) is 17.4 Å². The Morgan fingerprint density at radius 3 is 2.67 bits per heavy atom. The molecule has 0 aliphatic rings. The highest BCUT2D eigenvalue weighted by Crippen LogP contribution is 2.21. The number of esters is 1. The van der Waals surface area contributed by atoms with Crippen LogP contribution in [0.1, 0.15) is 20.3 Å². The number of hydrogen-bond donors (Lipinski definition) is 0. The first-order valence-electron chi connectivity index (χ1n) is 5.71. The van der Waals surface area contributed by atoms with Crippen LogP contribution in [0, 0.1) is 0 Å². The molecule has 0 radical (unpaired) electrons. The zero-order valence-corrected chi connectivity index (χ0v) is 12.1. The van der Waals surface area contributed by atoms with Crippen molar-refractivity contribution in [2.45, 2.75) is 24.5 Å². The summed E-state index contributed by atoms with van der Waals surface area (Å²) < 4.78 is 30.7. The van der Waals surface area contributed by atoms with Gasteiger partial charge in [-0.25, -0.2) is 8.42 Å². The maximum atomic E-state index is 12.3. The van der Waals surface area contributed by atoms with Crippen LogP contribution in [-0.2, 0) is 19.6 Å². The van der Waals surface area contributed by atoms with Gasteiger partial charge in [0.2, 0.25) is 0 Å². The van der Waals surface area contributed by atoms with Crippen LogP contribution in [0.15, 0.2) is 21.7 Å². The van der Waals surface area contributed by atoms with E-state index in [1.807, 2.05) is 6.92 Å². The average molecular weight is 291 g/mol. The normalized spacial score (nSPS) is 11.7. The van der Waals surface area contributed by atoms with Crippen LogP contribution in [0.2, 0.25) is 0 Å². The number of nitrogens with zero attached hydrogens (tertiary/aromatic N) is 1. The van der Waals surface area contributed by atoms with E-state index in [0.717, 1.165) is 15.6 Å². The molecular formula is C11H17NO4S2. The maximum Gasteiger partial charge on any atom is 0.321 e.